The Morgan fingerprint density at radius 2 is 2.04 bits per heavy atom. The first-order valence-corrected chi connectivity index (χ1v) is 8.56. The number of nitrogens with zero attached hydrogens (tertiary/aromatic N) is 1. The Morgan fingerprint density at radius 3 is 2.69 bits per heavy atom. The number of aromatic nitrogens is 1. The van der Waals surface area contributed by atoms with E-state index in [-0.39, 0.29) is 0 Å². The summed E-state index contributed by atoms with van der Waals surface area (Å²) in [6.45, 7) is 11.7. The summed E-state index contributed by atoms with van der Waals surface area (Å²) in [7, 11) is 1.75. The van der Waals surface area contributed by atoms with E-state index in [4.69, 9.17) is 4.74 Å². The molecule has 0 spiro atoms. The van der Waals surface area contributed by atoms with E-state index in [9.17, 15) is 4.39 Å². The van der Waals surface area contributed by atoms with Gasteiger partial charge in [0.2, 0.25) is 0 Å². The van der Waals surface area contributed by atoms with Crippen LogP contribution in [0, 0.1) is 6.92 Å². The first-order valence-electron chi connectivity index (χ1n) is 8.56. The second kappa shape index (κ2) is 8.99. The molecule has 1 aromatic rings. The van der Waals surface area contributed by atoms with Gasteiger partial charge in [-0.25, -0.2) is 4.39 Å². The van der Waals surface area contributed by atoms with Crippen molar-refractivity contribution in [3.05, 3.63) is 83.5 Å². The van der Waals surface area contributed by atoms with Gasteiger partial charge in [0.05, 0.1) is 5.71 Å². The highest BCUT2D eigenvalue weighted by Crippen LogP contribution is 2.24. The lowest BCUT2D eigenvalue weighted by Crippen LogP contribution is -2.08. The fourth-order valence-electron chi connectivity index (χ4n) is 2.65. The monoisotopic (exact) mass is 352 g/mol. The lowest BCUT2D eigenvalue weighted by Gasteiger charge is -2.16. The molecule has 0 fully saturated rings. The predicted octanol–water partition coefficient (Wildman–Crippen LogP) is 5.71. The Hall–Kier alpha value is -2.88. The van der Waals surface area contributed by atoms with Crippen LogP contribution >= 0.6 is 0 Å². The molecule has 2 rings (SSSR count). The topological polar surface area (TPSA) is 37.4 Å². The smallest absolute Gasteiger partial charge is 0.131 e. The molecule has 26 heavy (non-hydrogen) atoms. The Labute approximate surface area is 154 Å². The molecule has 3 nitrogen and oxygen atoms in total. The van der Waals surface area contributed by atoms with Gasteiger partial charge in [-0.2, -0.15) is 0 Å². The van der Waals surface area contributed by atoms with E-state index >= 15 is 0 Å². The fraction of sp³-hybridized carbons (Fsp3) is 0.227. The van der Waals surface area contributed by atoms with Gasteiger partial charge in [-0.1, -0.05) is 32.2 Å². The highest BCUT2D eigenvalue weighted by Gasteiger charge is 2.14. The number of nitrogens with one attached hydrogen (secondary N) is 1. The summed E-state index contributed by atoms with van der Waals surface area (Å²) in [4.78, 5) is 7.42. The van der Waals surface area contributed by atoms with Crippen LogP contribution in [-0.4, -0.2) is 24.4 Å². The van der Waals surface area contributed by atoms with E-state index in [1.54, 1.807) is 19.2 Å². The zero-order chi connectivity index (χ0) is 19.1. The van der Waals surface area contributed by atoms with E-state index in [1.807, 2.05) is 44.2 Å². The van der Waals surface area contributed by atoms with Crippen molar-refractivity contribution in [1.29, 1.82) is 0 Å². The van der Waals surface area contributed by atoms with Gasteiger partial charge in [0, 0.05) is 29.6 Å². The molecule has 4 heteroatoms. The molecule has 0 saturated heterocycles. The molecule has 0 saturated carbocycles. The molecule has 0 amide bonds. The zero-order valence-corrected chi connectivity index (χ0v) is 15.6. The van der Waals surface area contributed by atoms with Crippen LogP contribution in [0.5, 0.6) is 0 Å². The Bertz CT molecular complexity index is 847. The third-order valence-corrected chi connectivity index (χ3v) is 4.02. The Morgan fingerprint density at radius 1 is 1.31 bits per heavy atom. The van der Waals surface area contributed by atoms with Crippen LogP contribution in [0.1, 0.15) is 30.3 Å². The average Bonchev–Trinajstić information content (AvgIpc) is 3.02. The van der Waals surface area contributed by atoms with Crippen LogP contribution in [0.25, 0.3) is 11.9 Å². The molecule has 1 aliphatic carbocycles. The van der Waals surface area contributed by atoms with Gasteiger partial charge in [-0.3, -0.25) is 4.99 Å². The fourth-order valence-corrected chi connectivity index (χ4v) is 2.65. The van der Waals surface area contributed by atoms with Crippen molar-refractivity contribution in [3.63, 3.8) is 0 Å². The summed E-state index contributed by atoms with van der Waals surface area (Å²) in [6.07, 6.45) is 12.2. The molecule has 0 aromatic carbocycles. The quantitative estimate of drug-likeness (QED) is 0.627. The number of hydrogen-bond donors (Lipinski definition) is 1. The summed E-state index contributed by atoms with van der Waals surface area (Å²) >= 11 is 0. The van der Waals surface area contributed by atoms with Crippen molar-refractivity contribution >= 4 is 17.6 Å². The molecule has 0 bridgehead atoms. The van der Waals surface area contributed by atoms with Crippen LogP contribution in [0.15, 0.2) is 71.5 Å². The summed E-state index contributed by atoms with van der Waals surface area (Å²) in [5, 5.41) is 0. The van der Waals surface area contributed by atoms with E-state index in [1.165, 1.54) is 0 Å². The molecule has 0 radical (unpaired) electrons. The normalized spacial score (nSPS) is 17.2. The number of ether oxygens (including phenoxy) is 1. The first kappa shape index (κ1) is 19.4. The Kier molecular flexibility index (Phi) is 6.73. The van der Waals surface area contributed by atoms with Crippen LogP contribution < -0.4 is 0 Å². The Balaban J connectivity index is 2.19. The maximum atomic E-state index is 13.5. The number of halogens is 1. The number of hydrogen-bond acceptors (Lipinski definition) is 2. The lowest BCUT2D eigenvalue weighted by molar-refractivity contribution is 0.254. The molecule has 1 N–H and O–H groups in total. The third-order valence-electron chi connectivity index (χ3n) is 4.02. The van der Waals surface area contributed by atoms with Crippen molar-refractivity contribution in [1.82, 2.24) is 4.98 Å². The maximum Gasteiger partial charge on any atom is 0.131 e. The number of rotatable bonds is 7. The number of allylic oxidation sites excluding steroid dienone is 6. The molecule has 0 unspecified atom stereocenters. The molecular formula is C22H25FN2O. The van der Waals surface area contributed by atoms with Gasteiger partial charge < -0.3 is 9.72 Å². The van der Waals surface area contributed by atoms with E-state index in [2.05, 4.69) is 23.1 Å². The molecular weight excluding hydrogens is 327 g/mol. The molecule has 1 aliphatic rings. The minimum atomic E-state index is -0.458. The zero-order valence-electron chi connectivity index (χ0n) is 15.6. The summed E-state index contributed by atoms with van der Waals surface area (Å²) in [6, 6.07) is 1.73. The van der Waals surface area contributed by atoms with Gasteiger partial charge in [-0.05, 0) is 49.3 Å². The van der Waals surface area contributed by atoms with E-state index < -0.39 is 5.83 Å². The number of H-pyrrole nitrogens is 1. The lowest BCUT2D eigenvalue weighted by atomic mass is 10.00. The van der Waals surface area contributed by atoms with Gasteiger partial charge >= 0.3 is 0 Å². The van der Waals surface area contributed by atoms with Crippen molar-refractivity contribution in [2.24, 2.45) is 4.99 Å². The van der Waals surface area contributed by atoms with Gasteiger partial charge in [0.1, 0.15) is 18.2 Å². The van der Waals surface area contributed by atoms with E-state index in [0.29, 0.717) is 17.9 Å². The second-order valence-electron chi connectivity index (χ2n) is 5.92. The maximum absolute atomic E-state index is 13.5. The SMILES string of the molecule is C=C(CC)C(OCC=Cc1[nH]c(C)cc1C(=C)F)=C1C=CC=CC1=NC. The van der Waals surface area contributed by atoms with Crippen molar-refractivity contribution in [2.75, 3.05) is 13.7 Å². The number of aryl methyl sites for hydroxylation is 1. The van der Waals surface area contributed by atoms with Crippen LogP contribution in [0.2, 0.25) is 0 Å². The van der Waals surface area contributed by atoms with Crippen LogP contribution in [-0.2, 0) is 4.74 Å². The molecule has 1 heterocycles. The first-order chi connectivity index (χ1) is 12.5. The van der Waals surface area contributed by atoms with Crippen molar-refractivity contribution in [3.8, 4) is 0 Å². The third kappa shape index (κ3) is 4.60. The number of aromatic amines is 1. The predicted molar refractivity (Wildman–Crippen MR) is 109 cm³/mol. The number of aliphatic imine (C=N–C) groups is 1. The molecule has 0 aliphatic heterocycles. The highest BCUT2D eigenvalue weighted by atomic mass is 19.1. The van der Waals surface area contributed by atoms with Crippen molar-refractivity contribution < 1.29 is 9.13 Å². The molecule has 0 atom stereocenters. The standard InChI is InChI=1S/C22H25FN2O/c1-6-15(2)22(18-10-7-8-11-20(18)24-5)26-13-9-12-21-19(17(4)23)14-16(3)25-21/h7-12,14,25H,2,4,6,13H2,1,3,5H3. The van der Waals surface area contributed by atoms with E-state index in [0.717, 1.165) is 34.7 Å². The second-order valence-corrected chi connectivity index (χ2v) is 5.92. The van der Waals surface area contributed by atoms with Gasteiger partial charge in [-0.15, -0.1) is 0 Å². The minimum absolute atomic E-state index is 0.336. The van der Waals surface area contributed by atoms with Gasteiger partial charge in [0.15, 0.2) is 0 Å². The summed E-state index contributed by atoms with van der Waals surface area (Å²) in [5.74, 6) is 0.274. The summed E-state index contributed by atoms with van der Waals surface area (Å²) in [5.41, 5.74) is 4.71. The average molecular weight is 352 g/mol. The van der Waals surface area contributed by atoms with Crippen molar-refractivity contribution in [2.45, 2.75) is 20.3 Å². The molecule has 1 aromatic heterocycles. The minimum Gasteiger partial charge on any atom is -0.489 e. The van der Waals surface area contributed by atoms with Crippen LogP contribution in [0.4, 0.5) is 4.39 Å². The largest absolute Gasteiger partial charge is 0.489 e. The molecule has 136 valence electrons. The summed E-state index contributed by atoms with van der Waals surface area (Å²) < 4.78 is 19.5. The highest BCUT2D eigenvalue weighted by molar-refractivity contribution is 6.12. The van der Waals surface area contributed by atoms with Gasteiger partial charge in [0.25, 0.3) is 0 Å². The van der Waals surface area contributed by atoms with Crippen LogP contribution in [0.3, 0.4) is 0 Å².